The van der Waals surface area contributed by atoms with Crippen LogP contribution in [0, 0.1) is 0 Å². The summed E-state index contributed by atoms with van der Waals surface area (Å²) in [5.74, 6) is 0. The second-order valence-corrected chi connectivity index (χ2v) is 12.8. The van der Waals surface area contributed by atoms with Crippen LogP contribution in [0.2, 0.25) is 0 Å². The fourth-order valence-corrected chi connectivity index (χ4v) is 9.00. The van der Waals surface area contributed by atoms with Crippen LogP contribution in [0.25, 0.3) is 21.4 Å². The van der Waals surface area contributed by atoms with Gasteiger partial charge in [0.2, 0.25) is 0 Å². The van der Waals surface area contributed by atoms with Gasteiger partial charge in [-0.1, -0.05) is 0 Å². The van der Waals surface area contributed by atoms with Crippen molar-refractivity contribution in [3.63, 3.8) is 0 Å². The van der Waals surface area contributed by atoms with Crippen molar-refractivity contribution < 1.29 is 27.2 Å². The maximum Gasteiger partial charge on any atom is 0.372 e. The van der Waals surface area contributed by atoms with E-state index in [-0.39, 0.29) is 32.6 Å². The molecule has 0 atom stereocenters. The van der Waals surface area contributed by atoms with Crippen LogP contribution in [0.3, 0.4) is 0 Å². The fraction of sp³-hybridized carbons (Fsp3) is 0.474. The molecule has 3 aromatic heterocycles. The maximum absolute atomic E-state index is 13.2. The number of thiazole rings is 2. The molecule has 13 heteroatoms. The van der Waals surface area contributed by atoms with E-state index in [1.54, 1.807) is 33.9 Å². The average Bonchev–Trinajstić information content (AvgIpc) is 3.49. The fourth-order valence-electron chi connectivity index (χ4n) is 2.93. The van der Waals surface area contributed by atoms with Gasteiger partial charge in [-0.3, -0.25) is 9.13 Å². The second kappa shape index (κ2) is 11.3. The third-order valence-corrected chi connectivity index (χ3v) is 11.1. The molecule has 0 aromatic carbocycles. The third kappa shape index (κ3) is 5.85. The minimum atomic E-state index is -3.43. The minimum absolute atomic E-state index is 0.0926. The van der Waals surface area contributed by atoms with E-state index in [2.05, 4.69) is 9.97 Å². The van der Waals surface area contributed by atoms with E-state index in [1.165, 1.54) is 28.9 Å². The van der Waals surface area contributed by atoms with E-state index < -0.39 is 15.2 Å². The second-order valence-electron chi connectivity index (χ2n) is 6.32. The maximum atomic E-state index is 13.2. The third-order valence-electron chi connectivity index (χ3n) is 4.08. The molecule has 1 N–H and O–H groups in total. The zero-order chi connectivity index (χ0) is 23.2. The Bertz CT molecular complexity index is 1080. The first kappa shape index (κ1) is 25.5. The first-order chi connectivity index (χ1) is 15.4. The van der Waals surface area contributed by atoms with E-state index in [0.717, 1.165) is 10.6 Å². The number of hydrogen-bond acceptors (Lipinski definition) is 10. The molecule has 0 unspecified atom stereocenters. The predicted octanol–water partition coefficient (Wildman–Crippen LogP) is 5.92. The highest BCUT2D eigenvalue weighted by Gasteiger charge is 2.32. The van der Waals surface area contributed by atoms with Gasteiger partial charge in [0, 0.05) is 11.1 Å². The summed E-state index contributed by atoms with van der Waals surface area (Å²) in [5.41, 5.74) is 1.44. The van der Waals surface area contributed by atoms with Crippen LogP contribution in [0.4, 0.5) is 0 Å². The van der Waals surface area contributed by atoms with Crippen molar-refractivity contribution in [1.82, 2.24) is 15.0 Å². The first-order valence-electron chi connectivity index (χ1n) is 10.3. The number of nitrogens with one attached hydrogen (secondary N) is 1. The highest BCUT2D eigenvalue weighted by molar-refractivity contribution is 7.69. The molecule has 0 bridgehead atoms. The van der Waals surface area contributed by atoms with E-state index >= 15 is 0 Å². The van der Waals surface area contributed by atoms with Crippen LogP contribution in [-0.2, 0) is 33.4 Å². The Morgan fingerprint density at radius 2 is 1.59 bits per heavy atom. The van der Waals surface area contributed by atoms with Crippen molar-refractivity contribution in [3.05, 3.63) is 29.4 Å². The molecule has 32 heavy (non-hydrogen) atoms. The van der Waals surface area contributed by atoms with Crippen LogP contribution in [-0.4, -0.2) is 41.4 Å². The molecule has 176 valence electrons. The van der Waals surface area contributed by atoms with Gasteiger partial charge in [-0.05, 0) is 39.8 Å². The zero-order valence-corrected chi connectivity index (χ0v) is 21.8. The number of aromatic amines is 1. The van der Waals surface area contributed by atoms with Gasteiger partial charge in [-0.2, -0.15) is 0 Å². The van der Waals surface area contributed by atoms with Crippen molar-refractivity contribution in [2.45, 2.75) is 33.9 Å². The summed E-state index contributed by atoms with van der Waals surface area (Å²) in [7, 11) is -6.77. The van der Waals surface area contributed by atoms with Gasteiger partial charge in [0.15, 0.2) is 10.0 Å². The quantitative estimate of drug-likeness (QED) is 0.277. The van der Waals surface area contributed by atoms with Crippen LogP contribution in [0.1, 0.15) is 32.6 Å². The van der Waals surface area contributed by atoms with Crippen LogP contribution < -0.4 is 4.62 Å². The summed E-state index contributed by atoms with van der Waals surface area (Å²) in [6, 6.07) is 3.75. The molecule has 0 aliphatic carbocycles. The molecule has 0 amide bonds. The van der Waals surface area contributed by atoms with Gasteiger partial charge in [0.05, 0.1) is 44.5 Å². The standard InChI is InChI=1S/C19H27N3O6P2S2/c1-5-25-29(23,26-6-2)13-15-17(14-10-9-11-20-14)22-19(31-15)18-21-12-16(32-18)30(24,27-7-3)28-8-4/h9-12,20H,5-8,13H2,1-4H3. The van der Waals surface area contributed by atoms with E-state index in [9.17, 15) is 9.13 Å². The molecule has 3 heterocycles. The summed E-state index contributed by atoms with van der Waals surface area (Å²) >= 11 is 2.57. The van der Waals surface area contributed by atoms with Gasteiger partial charge >= 0.3 is 15.2 Å². The summed E-state index contributed by atoms with van der Waals surface area (Å²) in [5, 5.41) is 1.19. The molecule has 0 radical (unpaired) electrons. The number of hydrogen-bond donors (Lipinski definition) is 1. The summed E-state index contributed by atoms with van der Waals surface area (Å²) in [6.45, 7) is 8.15. The van der Waals surface area contributed by atoms with Crippen LogP contribution in [0.5, 0.6) is 0 Å². The minimum Gasteiger partial charge on any atom is -0.360 e. The smallest absolute Gasteiger partial charge is 0.360 e. The first-order valence-corrected chi connectivity index (χ1v) is 15.2. The van der Waals surface area contributed by atoms with Gasteiger partial charge in [-0.15, -0.1) is 22.7 Å². The van der Waals surface area contributed by atoms with Crippen molar-refractivity contribution in [2.75, 3.05) is 26.4 Å². The van der Waals surface area contributed by atoms with Crippen molar-refractivity contribution in [3.8, 4) is 21.4 Å². The lowest BCUT2D eigenvalue weighted by atomic mass is 10.3. The van der Waals surface area contributed by atoms with E-state index in [0.29, 0.717) is 20.3 Å². The topological polar surface area (TPSA) is 113 Å². The summed E-state index contributed by atoms with van der Waals surface area (Å²) < 4.78 is 48.5. The molecule has 9 nitrogen and oxygen atoms in total. The van der Waals surface area contributed by atoms with Crippen molar-refractivity contribution >= 4 is 42.5 Å². The average molecular weight is 520 g/mol. The Kier molecular flexibility index (Phi) is 9.00. The van der Waals surface area contributed by atoms with Crippen LogP contribution in [0.15, 0.2) is 24.5 Å². The van der Waals surface area contributed by atoms with Crippen LogP contribution >= 0.6 is 37.9 Å². The Balaban J connectivity index is 2.01. The van der Waals surface area contributed by atoms with Crippen molar-refractivity contribution in [1.29, 1.82) is 0 Å². The van der Waals surface area contributed by atoms with E-state index in [1.807, 2.05) is 12.1 Å². The summed E-state index contributed by atoms with van der Waals surface area (Å²) in [4.78, 5) is 13.1. The number of H-pyrrole nitrogens is 1. The lowest BCUT2D eigenvalue weighted by Crippen LogP contribution is -2.06. The largest absolute Gasteiger partial charge is 0.372 e. The Hall–Kier alpha value is -1.16. The van der Waals surface area contributed by atoms with Gasteiger partial charge in [0.1, 0.15) is 10.3 Å². The normalized spacial score (nSPS) is 12.5. The summed E-state index contributed by atoms with van der Waals surface area (Å²) in [6.07, 6.45) is 3.40. The highest BCUT2D eigenvalue weighted by atomic mass is 32.1. The molecule has 0 fully saturated rings. The predicted molar refractivity (Wildman–Crippen MR) is 128 cm³/mol. The van der Waals surface area contributed by atoms with Gasteiger partial charge < -0.3 is 23.1 Å². The van der Waals surface area contributed by atoms with Crippen molar-refractivity contribution in [2.24, 2.45) is 0 Å². The molecule has 3 rings (SSSR count). The molecular formula is C19H27N3O6P2S2. The Morgan fingerprint density at radius 3 is 2.16 bits per heavy atom. The molecule has 0 aliphatic heterocycles. The molecule has 0 spiro atoms. The monoisotopic (exact) mass is 519 g/mol. The number of nitrogens with zero attached hydrogens (tertiary/aromatic N) is 2. The lowest BCUT2D eigenvalue weighted by Gasteiger charge is -2.16. The molecule has 3 aromatic rings. The number of aromatic nitrogens is 3. The molecule has 0 aliphatic rings. The SMILES string of the molecule is CCOP(=O)(Cc1sc(-c2ncc(P(=O)(OCC)OCC)s2)nc1-c1ccc[nH]1)OCC. The lowest BCUT2D eigenvalue weighted by molar-refractivity contribution is 0.219. The Labute approximate surface area is 195 Å². The molecular weight excluding hydrogens is 492 g/mol. The number of rotatable bonds is 13. The molecule has 0 saturated carbocycles. The van der Waals surface area contributed by atoms with Gasteiger partial charge in [-0.25, -0.2) is 9.97 Å². The Morgan fingerprint density at radius 1 is 0.938 bits per heavy atom. The highest BCUT2D eigenvalue weighted by Crippen LogP contribution is 2.54. The molecule has 0 saturated heterocycles. The van der Waals surface area contributed by atoms with E-state index in [4.69, 9.17) is 23.1 Å². The van der Waals surface area contributed by atoms with Gasteiger partial charge in [0.25, 0.3) is 0 Å². The zero-order valence-electron chi connectivity index (χ0n) is 18.4.